The molecule has 170 valence electrons. The van der Waals surface area contributed by atoms with E-state index in [1.165, 1.54) is 10.3 Å². The van der Waals surface area contributed by atoms with Crippen molar-refractivity contribution in [3.05, 3.63) is 45.9 Å². The molecule has 2 aromatic rings. The van der Waals surface area contributed by atoms with Crippen LogP contribution in [0.5, 0.6) is 5.75 Å². The van der Waals surface area contributed by atoms with Crippen LogP contribution < -0.4 is 4.74 Å². The minimum Gasteiger partial charge on any atom is -0.487 e. The van der Waals surface area contributed by atoms with E-state index >= 15 is 0 Å². The van der Waals surface area contributed by atoms with Crippen LogP contribution >= 0.6 is 11.3 Å². The van der Waals surface area contributed by atoms with Crippen molar-refractivity contribution in [3.8, 4) is 5.75 Å². The van der Waals surface area contributed by atoms with Crippen LogP contribution in [-0.2, 0) is 12.4 Å². The predicted octanol–water partition coefficient (Wildman–Crippen LogP) is 6.03. The van der Waals surface area contributed by atoms with Gasteiger partial charge in [0.05, 0.1) is 17.2 Å². The lowest BCUT2D eigenvalue weighted by atomic mass is 9.93. The molecule has 0 saturated carbocycles. The molecule has 4 nitrogen and oxygen atoms in total. The molecule has 1 amide bonds. The van der Waals surface area contributed by atoms with Gasteiger partial charge in [0.25, 0.3) is 5.91 Å². The van der Waals surface area contributed by atoms with Gasteiger partial charge in [0, 0.05) is 30.4 Å². The topological polar surface area (TPSA) is 42.4 Å². The summed E-state index contributed by atoms with van der Waals surface area (Å²) in [4.78, 5) is 17.3. The van der Waals surface area contributed by atoms with E-state index in [1.54, 1.807) is 0 Å². The Hall–Kier alpha value is -2.30. The molecule has 1 saturated heterocycles. The Morgan fingerprint density at radius 2 is 2.00 bits per heavy atom. The number of pyridine rings is 1. The Kier molecular flexibility index (Phi) is 6.82. The fraction of sp³-hybridized carbons (Fsp3) is 0.500. The first-order valence-electron chi connectivity index (χ1n) is 9.67. The van der Waals surface area contributed by atoms with Crippen LogP contribution in [0.3, 0.4) is 0 Å². The van der Waals surface area contributed by atoms with E-state index in [2.05, 4.69) is 4.98 Å². The van der Waals surface area contributed by atoms with Gasteiger partial charge in [0.15, 0.2) is 0 Å². The van der Waals surface area contributed by atoms with E-state index in [-0.39, 0.29) is 12.3 Å². The average Bonchev–Trinajstić information content (AvgIpc) is 3.17. The van der Waals surface area contributed by atoms with Crippen molar-refractivity contribution >= 4 is 17.2 Å². The summed E-state index contributed by atoms with van der Waals surface area (Å²) < 4.78 is 84.5. The minimum absolute atomic E-state index is 0.0371. The van der Waals surface area contributed by atoms with Crippen molar-refractivity contribution in [1.82, 2.24) is 9.88 Å². The molecule has 1 aliphatic rings. The van der Waals surface area contributed by atoms with Gasteiger partial charge in [0.2, 0.25) is 0 Å². The standard InChI is InChI=1S/C20H20F6N2O2S/c1-2-4-15-16(30-12-9-17(31-11-12)20(24,25)26)5-3-8-28(15)18(29)13-10-27-7-6-14(13)19(21,22)23/h6-7,9-11,15-16H,2-5,8H2,1H3/t15-,16?/m1/s1. The highest BCUT2D eigenvalue weighted by Crippen LogP contribution is 2.38. The molecule has 3 heterocycles. The quantitative estimate of drug-likeness (QED) is 0.505. The van der Waals surface area contributed by atoms with Crippen LogP contribution in [0.2, 0.25) is 0 Å². The van der Waals surface area contributed by atoms with Gasteiger partial charge in [-0.3, -0.25) is 9.78 Å². The third kappa shape index (κ3) is 5.31. The number of amides is 1. The average molecular weight is 466 g/mol. The first kappa shape index (κ1) is 23.4. The summed E-state index contributed by atoms with van der Waals surface area (Å²) in [6, 6.07) is 1.09. The molecule has 0 spiro atoms. The molecule has 3 rings (SSSR count). The monoisotopic (exact) mass is 466 g/mol. The Bertz CT molecular complexity index is 912. The number of aromatic nitrogens is 1. The number of piperidine rings is 1. The maximum Gasteiger partial charge on any atom is 0.425 e. The SMILES string of the molecule is CCC[C@@H]1C(Oc2csc(C(F)(F)F)c2)CCCN1C(=O)c1cnccc1C(F)(F)F. The second-order valence-corrected chi connectivity index (χ2v) is 8.13. The molecule has 1 unspecified atom stereocenters. The fourth-order valence-corrected chi connectivity index (χ4v) is 4.40. The number of rotatable bonds is 5. The number of hydrogen-bond donors (Lipinski definition) is 0. The highest BCUT2D eigenvalue weighted by molar-refractivity contribution is 7.10. The van der Waals surface area contributed by atoms with Gasteiger partial charge < -0.3 is 9.64 Å². The van der Waals surface area contributed by atoms with E-state index in [1.807, 2.05) is 6.92 Å². The Morgan fingerprint density at radius 1 is 1.26 bits per heavy atom. The van der Waals surface area contributed by atoms with E-state index in [0.717, 1.165) is 24.5 Å². The molecule has 2 aromatic heterocycles. The molecule has 2 atom stereocenters. The Labute approximate surface area is 178 Å². The van der Waals surface area contributed by atoms with Crippen LogP contribution in [0, 0.1) is 0 Å². The molecular weight excluding hydrogens is 446 g/mol. The predicted molar refractivity (Wildman–Crippen MR) is 102 cm³/mol. The normalized spacial score (nSPS) is 20.0. The van der Waals surface area contributed by atoms with Gasteiger partial charge in [-0.1, -0.05) is 13.3 Å². The molecule has 0 radical (unpaired) electrons. The number of nitrogens with zero attached hydrogens (tertiary/aromatic N) is 2. The van der Waals surface area contributed by atoms with Gasteiger partial charge in [-0.2, -0.15) is 26.3 Å². The van der Waals surface area contributed by atoms with Crippen molar-refractivity contribution < 1.29 is 35.9 Å². The summed E-state index contributed by atoms with van der Waals surface area (Å²) in [7, 11) is 0. The maximum atomic E-state index is 13.4. The van der Waals surface area contributed by atoms with E-state index in [9.17, 15) is 31.1 Å². The molecule has 1 fully saturated rings. The number of thiophene rings is 1. The first-order valence-corrected chi connectivity index (χ1v) is 10.5. The van der Waals surface area contributed by atoms with Crippen molar-refractivity contribution in [1.29, 1.82) is 0 Å². The molecule has 0 aliphatic carbocycles. The summed E-state index contributed by atoms with van der Waals surface area (Å²) >= 11 is 0.504. The van der Waals surface area contributed by atoms with Crippen LogP contribution in [-0.4, -0.2) is 34.5 Å². The third-order valence-corrected chi connectivity index (χ3v) is 6.01. The summed E-state index contributed by atoms with van der Waals surface area (Å²) in [5.41, 5.74) is -1.62. The van der Waals surface area contributed by atoms with Crippen molar-refractivity contribution in [3.63, 3.8) is 0 Å². The Morgan fingerprint density at radius 3 is 2.61 bits per heavy atom. The van der Waals surface area contributed by atoms with Crippen molar-refractivity contribution in [2.45, 2.75) is 57.1 Å². The van der Waals surface area contributed by atoms with E-state index in [4.69, 9.17) is 4.74 Å². The van der Waals surface area contributed by atoms with Gasteiger partial charge in [-0.05, 0) is 25.3 Å². The molecule has 0 bridgehead atoms. The Balaban J connectivity index is 1.86. The summed E-state index contributed by atoms with van der Waals surface area (Å²) in [5.74, 6) is -0.774. The zero-order chi connectivity index (χ0) is 22.8. The third-order valence-electron chi connectivity index (χ3n) is 5.06. The van der Waals surface area contributed by atoms with Gasteiger partial charge >= 0.3 is 12.4 Å². The fourth-order valence-electron chi connectivity index (χ4n) is 3.72. The lowest BCUT2D eigenvalue weighted by Gasteiger charge is -2.41. The number of carbonyl (C=O) groups excluding carboxylic acids is 1. The molecular formula is C20H20F6N2O2S. The maximum absolute atomic E-state index is 13.4. The number of likely N-dealkylation sites (tertiary alicyclic amines) is 1. The van der Waals surface area contributed by atoms with Crippen LogP contribution in [0.1, 0.15) is 53.4 Å². The molecule has 0 N–H and O–H groups in total. The summed E-state index contributed by atoms with van der Waals surface area (Å²) in [6.07, 6.45) is -5.98. The number of ether oxygens (including phenoxy) is 1. The van der Waals surface area contributed by atoms with Crippen LogP contribution in [0.15, 0.2) is 29.9 Å². The zero-order valence-corrected chi connectivity index (χ0v) is 17.3. The van der Waals surface area contributed by atoms with Gasteiger partial charge in [-0.25, -0.2) is 0 Å². The molecule has 11 heteroatoms. The highest BCUT2D eigenvalue weighted by Gasteiger charge is 2.41. The van der Waals surface area contributed by atoms with Crippen molar-refractivity contribution in [2.75, 3.05) is 6.54 Å². The number of carbonyl (C=O) groups is 1. The zero-order valence-electron chi connectivity index (χ0n) is 16.5. The number of alkyl halides is 6. The van der Waals surface area contributed by atoms with Crippen LogP contribution in [0.25, 0.3) is 0 Å². The second kappa shape index (κ2) is 9.05. The van der Waals surface area contributed by atoms with E-state index < -0.39 is 46.4 Å². The van der Waals surface area contributed by atoms with E-state index in [0.29, 0.717) is 37.0 Å². The smallest absolute Gasteiger partial charge is 0.425 e. The second-order valence-electron chi connectivity index (χ2n) is 7.22. The van der Waals surface area contributed by atoms with Crippen LogP contribution in [0.4, 0.5) is 26.3 Å². The lowest BCUT2D eigenvalue weighted by Crippen LogP contribution is -2.53. The van der Waals surface area contributed by atoms with Crippen molar-refractivity contribution in [2.24, 2.45) is 0 Å². The molecule has 31 heavy (non-hydrogen) atoms. The molecule has 0 aromatic carbocycles. The minimum atomic E-state index is -4.72. The highest BCUT2D eigenvalue weighted by atomic mass is 32.1. The largest absolute Gasteiger partial charge is 0.487 e. The number of halogens is 6. The summed E-state index contributed by atoms with van der Waals surface area (Å²) in [5, 5.41) is 1.25. The number of hydrogen-bond acceptors (Lipinski definition) is 4. The summed E-state index contributed by atoms with van der Waals surface area (Å²) in [6.45, 7) is 2.08. The van der Waals surface area contributed by atoms with Gasteiger partial charge in [0.1, 0.15) is 16.7 Å². The first-order chi connectivity index (χ1) is 14.5. The molecule has 1 aliphatic heterocycles. The lowest BCUT2D eigenvalue weighted by molar-refractivity contribution is -0.138. The van der Waals surface area contributed by atoms with Gasteiger partial charge in [-0.15, -0.1) is 11.3 Å².